The molecule has 0 radical (unpaired) electrons. The number of carbonyl (C=O) groups excluding carboxylic acids is 1. The zero-order chi connectivity index (χ0) is 18.5. The molecule has 1 fully saturated rings. The molecule has 1 rings (SSSR count). The van der Waals surface area contributed by atoms with E-state index in [0.29, 0.717) is 0 Å². The van der Waals surface area contributed by atoms with Crippen molar-refractivity contribution in [2.45, 2.75) is 71.8 Å². The Bertz CT molecular complexity index is 403. The third kappa shape index (κ3) is 13.6. The predicted molar refractivity (Wildman–Crippen MR) is 121 cm³/mol. The van der Waals surface area contributed by atoms with Crippen LogP contribution in [0.2, 0.25) is 0 Å². The minimum Gasteiger partial charge on any atom is -0.357 e. The molecule has 6 nitrogen and oxygen atoms in total. The Morgan fingerprint density at radius 2 is 1.73 bits per heavy atom. The lowest BCUT2D eigenvalue weighted by molar-refractivity contribution is -0.121. The topological polar surface area (TPSA) is 68.8 Å². The number of piperidine rings is 1. The summed E-state index contributed by atoms with van der Waals surface area (Å²) in [6.07, 6.45) is 7.77. The van der Waals surface area contributed by atoms with Gasteiger partial charge in [-0.3, -0.25) is 4.79 Å². The van der Waals surface area contributed by atoms with Gasteiger partial charge in [0.1, 0.15) is 6.54 Å². The van der Waals surface area contributed by atoms with Crippen LogP contribution in [0.4, 0.5) is 0 Å². The number of aliphatic imine (C=N–C) groups is 1. The Morgan fingerprint density at radius 1 is 1.04 bits per heavy atom. The van der Waals surface area contributed by atoms with Crippen LogP contribution in [-0.4, -0.2) is 61.6 Å². The molecule has 0 spiro atoms. The molecule has 1 saturated heterocycles. The van der Waals surface area contributed by atoms with Gasteiger partial charge in [0.25, 0.3) is 0 Å². The standard InChI is InChI=1S/C19H39N5O.HI/c1-5-20-18(22-16-17(25)23-19(2,3)4)21-12-8-6-9-13-24-14-10-7-11-15-24;/h5-16H2,1-4H3,(H,23,25)(H2,20,21,22);1H. The zero-order valence-electron chi connectivity index (χ0n) is 17.2. The fraction of sp³-hybridized carbons (Fsp3) is 0.895. The van der Waals surface area contributed by atoms with Crippen molar-refractivity contribution >= 4 is 35.8 Å². The molecule has 1 aliphatic rings. The van der Waals surface area contributed by atoms with Gasteiger partial charge >= 0.3 is 0 Å². The Labute approximate surface area is 177 Å². The average Bonchev–Trinajstić information content (AvgIpc) is 2.55. The van der Waals surface area contributed by atoms with Gasteiger partial charge in [-0.15, -0.1) is 24.0 Å². The summed E-state index contributed by atoms with van der Waals surface area (Å²) >= 11 is 0. The summed E-state index contributed by atoms with van der Waals surface area (Å²) in [4.78, 5) is 18.8. The summed E-state index contributed by atoms with van der Waals surface area (Å²) < 4.78 is 0. The van der Waals surface area contributed by atoms with Gasteiger partial charge in [-0.05, 0) is 73.0 Å². The summed E-state index contributed by atoms with van der Waals surface area (Å²) in [6, 6.07) is 0. The fourth-order valence-electron chi connectivity index (χ4n) is 2.98. The molecule has 3 N–H and O–H groups in total. The maximum Gasteiger partial charge on any atom is 0.242 e. The van der Waals surface area contributed by atoms with Crippen molar-refractivity contribution < 1.29 is 4.79 Å². The molecule has 7 heteroatoms. The number of guanidine groups is 1. The first-order valence-corrected chi connectivity index (χ1v) is 9.96. The number of likely N-dealkylation sites (tertiary alicyclic amines) is 1. The van der Waals surface area contributed by atoms with Crippen LogP contribution in [0.15, 0.2) is 4.99 Å². The molecule has 0 aliphatic carbocycles. The lowest BCUT2D eigenvalue weighted by Gasteiger charge is -2.26. The van der Waals surface area contributed by atoms with Gasteiger partial charge in [-0.2, -0.15) is 0 Å². The molecule has 0 bridgehead atoms. The summed E-state index contributed by atoms with van der Waals surface area (Å²) in [6.45, 7) is 13.6. The Kier molecular flexibility index (Phi) is 14.2. The molecule has 0 saturated carbocycles. The average molecular weight is 481 g/mol. The molecular formula is C19H40IN5O. The molecule has 0 aromatic rings. The van der Waals surface area contributed by atoms with Crippen molar-refractivity contribution in [2.75, 3.05) is 39.3 Å². The van der Waals surface area contributed by atoms with E-state index in [-0.39, 0.29) is 42.0 Å². The second-order valence-electron chi connectivity index (χ2n) is 7.88. The largest absolute Gasteiger partial charge is 0.357 e. The number of halogens is 1. The Hall–Kier alpha value is -0.570. The highest BCUT2D eigenvalue weighted by atomic mass is 127. The highest BCUT2D eigenvalue weighted by molar-refractivity contribution is 14.0. The van der Waals surface area contributed by atoms with Gasteiger partial charge in [-0.25, -0.2) is 4.99 Å². The van der Waals surface area contributed by atoms with E-state index >= 15 is 0 Å². The number of nitrogens with one attached hydrogen (secondary N) is 3. The maximum atomic E-state index is 11.9. The molecular weight excluding hydrogens is 441 g/mol. The van der Waals surface area contributed by atoms with E-state index in [0.717, 1.165) is 25.5 Å². The second kappa shape index (κ2) is 14.5. The van der Waals surface area contributed by atoms with Gasteiger partial charge in [0, 0.05) is 18.6 Å². The van der Waals surface area contributed by atoms with Gasteiger partial charge in [-0.1, -0.05) is 12.8 Å². The van der Waals surface area contributed by atoms with Crippen LogP contribution in [0, 0.1) is 0 Å². The normalized spacial score (nSPS) is 15.9. The van der Waals surface area contributed by atoms with Crippen LogP contribution >= 0.6 is 24.0 Å². The van der Waals surface area contributed by atoms with E-state index in [2.05, 4.69) is 25.8 Å². The van der Waals surface area contributed by atoms with E-state index < -0.39 is 0 Å². The van der Waals surface area contributed by atoms with E-state index in [9.17, 15) is 4.79 Å². The zero-order valence-corrected chi connectivity index (χ0v) is 19.5. The Balaban J connectivity index is 0.00000625. The number of hydrogen-bond donors (Lipinski definition) is 3. The van der Waals surface area contributed by atoms with Crippen molar-refractivity contribution in [1.29, 1.82) is 0 Å². The molecule has 0 atom stereocenters. The summed E-state index contributed by atoms with van der Waals surface area (Å²) in [7, 11) is 0. The number of rotatable bonds is 9. The van der Waals surface area contributed by atoms with Crippen LogP contribution in [0.25, 0.3) is 0 Å². The first-order valence-electron chi connectivity index (χ1n) is 9.96. The lowest BCUT2D eigenvalue weighted by atomic mass is 10.1. The highest BCUT2D eigenvalue weighted by Gasteiger charge is 2.13. The van der Waals surface area contributed by atoms with Gasteiger partial charge in [0.2, 0.25) is 5.91 Å². The third-order valence-electron chi connectivity index (χ3n) is 4.13. The summed E-state index contributed by atoms with van der Waals surface area (Å²) in [5, 5.41) is 9.44. The molecule has 154 valence electrons. The maximum absolute atomic E-state index is 11.9. The smallest absolute Gasteiger partial charge is 0.242 e. The number of hydrogen-bond acceptors (Lipinski definition) is 3. The SMILES string of the molecule is CCNC(=NCC(=O)NC(C)(C)C)NCCCCCN1CCCCC1.I. The molecule has 26 heavy (non-hydrogen) atoms. The van der Waals surface area contributed by atoms with Crippen molar-refractivity contribution in [3.8, 4) is 0 Å². The van der Waals surface area contributed by atoms with Crippen molar-refractivity contribution in [1.82, 2.24) is 20.9 Å². The predicted octanol–water partition coefficient (Wildman–Crippen LogP) is 2.73. The fourth-order valence-corrected chi connectivity index (χ4v) is 2.98. The van der Waals surface area contributed by atoms with Crippen LogP contribution in [-0.2, 0) is 4.79 Å². The molecule has 1 amide bonds. The lowest BCUT2D eigenvalue weighted by Crippen LogP contribution is -2.43. The van der Waals surface area contributed by atoms with Gasteiger partial charge in [0.15, 0.2) is 5.96 Å². The molecule has 1 heterocycles. The quantitative estimate of drug-likeness (QED) is 0.205. The molecule has 1 aliphatic heterocycles. The molecule has 0 aromatic carbocycles. The molecule has 0 unspecified atom stereocenters. The van der Waals surface area contributed by atoms with E-state index in [4.69, 9.17) is 0 Å². The molecule has 0 aromatic heterocycles. The van der Waals surface area contributed by atoms with Crippen molar-refractivity contribution in [2.24, 2.45) is 4.99 Å². The van der Waals surface area contributed by atoms with E-state index in [1.165, 1.54) is 51.7 Å². The first-order chi connectivity index (χ1) is 11.9. The second-order valence-corrected chi connectivity index (χ2v) is 7.88. The number of amides is 1. The number of carbonyl (C=O) groups is 1. The van der Waals surface area contributed by atoms with Gasteiger partial charge in [0.05, 0.1) is 0 Å². The Morgan fingerprint density at radius 3 is 2.35 bits per heavy atom. The summed E-state index contributed by atoms with van der Waals surface area (Å²) in [5.74, 6) is 0.675. The minimum atomic E-state index is -0.216. The number of unbranched alkanes of at least 4 members (excludes halogenated alkanes) is 2. The monoisotopic (exact) mass is 481 g/mol. The van der Waals surface area contributed by atoms with E-state index in [1.54, 1.807) is 0 Å². The van der Waals surface area contributed by atoms with Crippen LogP contribution < -0.4 is 16.0 Å². The third-order valence-corrected chi connectivity index (χ3v) is 4.13. The summed E-state index contributed by atoms with van der Waals surface area (Å²) in [5.41, 5.74) is -0.216. The van der Waals surface area contributed by atoms with Crippen LogP contribution in [0.1, 0.15) is 66.2 Å². The van der Waals surface area contributed by atoms with Crippen LogP contribution in [0.3, 0.4) is 0 Å². The van der Waals surface area contributed by atoms with Crippen molar-refractivity contribution in [3.05, 3.63) is 0 Å². The van der Waals surface area contributed by atoms with Crippen molar-refractivity contribution in [3.63, 3.8) is 0 Å². The minimum absolute atomic E-state index is 0. The van der Waals surface area contributed by atoms with Gasteiger partial charge < -0.3 is 20.9 Å². The highest BCUT2D eigenvalue weighted by Crippen LogP contribution is 2.09. The first kappa shape index (κ1) is 25.4. The van der Waals surface area contributed by atoms with Crippen LogP contribution in [0.5, 0.6) is 0 Å². The number of nitrogens with zero attached hydrogens (tertiary/aromatic N) is 2. The van der Waals surface area contributed by atoms with E-state index in [1.807, 2.05) is 27.7 Å².